The zero-order valence-electron chi connectivity index (χ0n) is 21.5. The van der Waals surface area contributed by atoms with Crippen LogP contribution in [-0.2, 0) is 20.9 Å². The molecular formula is C31H30FN3O3. The fourth-order valence-electron chi connectivity index (χ4n) is 4.92. The summed E-state index contributed by atoms with van der Waals surface area (Å²) < 4.78 is 21.5. The predicted molar refractivity (Wildman–Crippen MR) is 144 cm³/mol. The Bertz CT molecular complexity index is 1420. The molecule has 0 radical (unpaired) electrons. The number of fused-ring (bicyclic) bond motifs is 3. The van der Waals surface area contributed by atoms with Gasteiger partial charge in [-0.25, -0.2) is 4.39 Å². The molecule has 0 aliphatic carbocycles. The van der Waals surface area contributed by atoms with E-state index in [4.69, 9.17) is 4.74 Å². The van der Waals surface area contributed by atoms with Crippen molar-refractivity contribution < 1.29 is 18.7 Å². The van der Waals surface area contributed by atoms with Gasteiger partial charge in [-0.3, -0.25) is 14.5 Å². The summed E-state index contributed by atoms with van der Waals surface area (Å²) in [6.07, 6.45) is 1.96. The fraction of sp³-hybridized carbons (Fsp3) is 0.226. The first-order valence-electron chi connectivity index (χ1n) is 12.7. The molecule has 1 unspecified atom stereocenters. The third-order valence-corrected chi connectivity index (χ3v) is 6.76. The normalized spacial score (nSPS) is 14.2. The summed E-state index contributed by atoms with van der Waals surface area (Å²) in [5.74, 6) is -0.828. The Morgan fingerprint density at radius 1 is 0.895 bits per heavy atom. The second-order valence-electron chi connectivity index (χ2n) is 9.60. The summed E-state index contributed by atoms with van der Waals surface area (Å²) in [7, 11) is 0. The minimum absolute atomic E-state index is 0.113. The standard InChI is InChI=1S/C31H30FN3O3/c1-22(2)34(30(37)21-38-20-23-9-4-3-5-10-23)19-29(36)35-27-12-7-6-11-26(27)33-18-8-13-28(33)31(35)24-14-16-25(32)17-15-24/h3-18,22,31H,19-21H2,1-2H3. The number of aromatic nitrogens is 1. The predicted octanol–water partition coefficient (Wildman–Crippen LogP) is 5.51. The van der Waals surface area contributed by atoms with Crippen molar-refractivity contribution in [2.75, 3.05) is 18.1 Å². The summed E-state index contributed by atoms with van der Waals surface area (Å²) in [6.45, 7) is 3.85. The molecule has 0 fully saturated rings. The van der Waals surface area contributed by atoms with E-state index < -0.39 is 6.04 Å². The first-order valence-corrected chi connectivity index (χ1v) is 12.7. The largest absolute Gasteiger partial charge is 0.367 e. The summed E-state index contributed by atoms with van der Waals surface area (Å²) in [6, 6.07) is 26.7. The van der Waals surface area contributed by atoms with Gasteiger partial charge in [-0.15, -0.1) is 0 Å². The van der Waals surface area contributed by atoms with Crippen LogP contribution in [0, 0.1) is 5.82 Å². The summed E-state index contributed by atoms with van der Waals surface area (Å²) in [4.78, 5) is 30.5. The number of halogens is 1. The van der Waals surface area contributed by atoms with Gasteiger partial charge >= 0.3 is 0 Å². The van der Waals surface area contributed by atoms with Crippen molar-refractivity contribution in [3.63, 3.8) is 0 Å². The molecule has 3 aromatic carbocycles. The van der Waals surface area contributed by atoms with Gasteiger partial charge in [0.05, 0.1) is 23.7 Å². The molecule has 7 heteroatoms. The van der Waals surface area contributed by atoms with Gasteiger partial charge < -0.3 is 14.2 Å². The SMILES string of the molecule is CC(C)N(CC(=O)N1c2ccccc2-n2cccc2C1c1ccc(F)cc1)C(=O)COCc1ccccc1. The van der Waals surface area contributed by atoms with Crippen molar-refractivity contribution in [3.05, 3.63) is 120 Å². The van der Waals surface area contributed by atoms with E-state index in [0.717, 1.165) is 28.2 Å². The lowest BCUT2D eigenvalue weighted by molar-refractivity contribution is -0.141. The molecule has 2 heterocycles. The first-order chi connectivity index (χ1) is 18.4. The number of hydrogen-bond acceptors (Lipinski definition) is 3. The van der Waals surface area contributed by atoms with Crippen LogP contribution in [-0.4, -0.2) is 40.5 Å². The molecule has 1 aromatic heterocycles. The average Bonchev–Trinajstić information content (AvgIpc) is 3.42. The van der Waals surface area contributed by atoms with Crippen LogP contribution < -0.4 is 4.90 Å². The minimum atomic E-state index is -0.480. The van der Waals surface area contributed by atoms with E-state index in [0.29, 0.717) is 6.61 Å². The van der Waals surface area contributed by atoms with E-state index in [1.54, 1.807) is 21.9 Å². The second-order valence-corrected chi connectivity index (χ2v) is 9.60. The third-order valence-electron chi connectivity index (χ3n) is 6.76. The Hall–Kier alpha value is -4.23. The summed E-state index contributed by atoms with van der Waals surface area (Å²) >= 11 is 0. The Balaban J connectivity index is 1.42. The highest BCUT2D eigenvalue weighted by molar-refractivity contribution is 6.00. The van der Waals surface area contributed by atoms with Crippen LogP contribution in [0.4, 0.5) is 10.1 Å². The van der Waals surface area contributed by atoms with E-state index in [1.165, 1.54) is 12.1 Å². The summed E-state index contributed by atoms with van der Waals surface area (Å²) in [5.41, 5.74) is 4.24. The maximum atomic E-state index is 14.1. The lowest BCUT2D eigenvalue weighted by Gasteiger charge is -2.40. The van der Waals surface area contributed by atoms with Gasteiger partial charge in [0.1, 0.15) is 25.0 Å². The van der Waals surface area contributed by atoms with Gasteiger partial charge in [0, 0.05) is 12.2 Å². The molecule has 194 valence electrons. The number of hydrogen-bond donors (Lipinski definition) is 0. The Morgan fingerprint density at radius 3 is 2.29 bits per heavy atom. The molecule has 38 heavy (non-hydrogen) atoms. The number of ether oxygens (including phenoxy) is 1. The van der Waals surface area contributed by atoms with Gasteiger partial charge in [-0.2, -0.15) is 0 Å². The van der Waals surface area contributed by atoms with Crippen molar-refractivity contribution in [1.29, 1.82) is 0 Å². The molecule has 6 nitrogen and oxygen atoms in total. The minimum Gasteiger partial charge on any atom is -0.367 e. The van der Waals surface area contributed by atoms with Crippen molar-refractivity contribution >= 4 is 17.5 Å². The zero-order valence-corrected chi connectivity index (χ0v) is 21.5. The van der Waals surface area contributed by atoms with Gasteiger partial charge in [-0.05, 0) is 61.4 Å². The number of carbonyl (C=O) groups is 2. The molecule has 0 bridgehead atoms. The van der Waals surface area contributed by atoms with Crippen molar-refractivity contribution in [3.8, 4) is 5.69 Å². The van der Waals surface area contributed by atoms with Crippen molar-refractivity contribution in [2.24, 2.45) is 0 Å². The molecule has 1 aliphatic rings. The molecule has 1 atom stereocenters. The number of carbonyl (C=O) groups excluding carboxylic acids is 2. The Kier molecular flexibility index (Phi) is 7.38. The Labute approximate surface area is 221 Å². The highest BCUT2D eigenvalue weighted by Crippen LogP contribution is 2.42. The topological polar surface area (TPSA) is 54.8 Å². The number of rotatable bonds is 8. The molecule has 0 spiro atoms. The summed E-state index contributed by atoms with van der Waals surface area (Å²) in [5, 5.41) is 0. The third kappa shape index (κ3) is 5.10. The molecule has 5 rings (SSSR count). The van der Waals surface area contributed by atoms with Crippen LogP contribution in [0.3, 0.4) is 0 Å². The highest BCUT2D eigenvalue weighted by atomic mass is 19.1. The maximum Gasteiger partial charge on any atom is 0.249 e. The van der Waals surface area contributed by atoms with Crippen molar-refractivity contribution in [1.82, 2.24) is 9.47 Å². The van der Waals surface area contributed by atoms with E-state index >= 15 is 0 Å². The van der Waals surface area contributed by atoms with E-state index in [-0.39, 0.29) is 36.8 Å². The fourth-order valence-corrected chi connectivity index (χ4v) is 4.92. The van der Waals surface area contributed by atoms with Crippen LogP contribution in [0.15, 0.2) is 97.2 Å². The first kappa shape index (κ1) is 25.4. The number of nitrogens with zero attached hydrogens (tertiary/aromatic N) is 3. The van der Waals surface area contributed by atoms with E-state index in [2.05, 4.69) is 4.57 Å². The number of para-hydroxylation sites is 2. The molecular weight excluding hydrogens is 481 g/mol. The van der Waals surface area contributed by atoms with E-state index in [9.17, 15) is 14.0 Å². The second kappa shape index (κ2) is 11.0. The van der Waals surface area contributed by atoms with Crippen LogP contribution in [0.5, 0.6) is 0 Å². The van der Waals surface area contributed by atoms with Crippen LogP contribution >= 0.6 is 0 Å². The van der Waals surface area contributed by atoms with Crippen molar-refractivity contribution in [2.45, 2.75) is 32.5 Å². The van der Waals surface area contributed by atoms with Gasteiger partial charge in [0.15, 0.2) is 0 Å². The molecule has 0 saturated heterocycles. The van der Waals surface area contributed by atoms with Crippen LogP contribution in [0.1, 0.15) is 36.7 Å². The quantitative estimate of drug-likeness (QED) is 0.314. The molecule has 1 aliphatic heterocycles. The molecule has 4 aromatic rings. The lowest BCUT2D eigenvalue weighted by Crippen LogP contribution is -2.49. The smallest absolute Gasteiger partial charge is 0.249 e. The number of anilines is 1. The lowest BCUT2D eigenvalue weighted by atomic mass is 9.97. The molecule has 2 amide bonds. The van der Waals surface area contributed by atoms with Gasteiger partial charge in [0.25, 0.3) is 0 Å². The molecule has 0 N–H and O–H groups in total. The van der Waals surface area contributed by atoms with E-state index in [1.807, 2.05) is 86.8 Å². The maximum absolute atomic E-state index is 14.1. The number of benzene rings is 3. The monoisotopic (exact) mass is 511 g/mol. The zero-order chi connectivity index (χ0) is 26.6. The molecule has 0 saturated carbocycles. The van der Waals surface area contributed by atoms with Gasteiger partial charge in [-0.1, -0.05) is 54.6 Å². The Morgan fingerprint density at radius 2 is 1.58 bits per heavy atom. The van der Waals surface area contributed by atoms with Gasteiger partial charge in [0.2, 0.25) is 11.8 Å². The van der Waals surface area contributed by atoms with Crippen LogP contribution in [0.25, 0.3) is 5.69 Å². The average molecular weight is 512 g/mol. The van der Waals surface area contributed by atoms with Crippen LogP contribution in [0.2, 0.25) is 0 Å². The highest BCUT2D eigenvalue weighted by Gasteiger charge is 2.37. The number of amides is 2.